The van der Waals surface area contributed by atoms with E-state index < -0.39 is 29.6 Å². The number of ether oxygens (including phenoxy) is 2. The number of nitrogens with one attached hydrogen (secondary N) is 1. The highest BCUT2D eigenvalue weighted by atomic mass is 19.4. The van der Waals surface area contributed by atoms with Crippen LogP contribution in [0.4, 0.5) is 18.9 Å². The molecule has 3 heterocycles. The molecule has 0 aliphatic carbocycles. The Kier molecular flexibility index (Phi) is 11.9. The normalized spacial score (nSPS) is 13.1. The first-order valence-corrected chi connectivity index (χ1v) is 16.5. The molecule has 2 aromatic heterocycles. The summed E-state index contributed by atoms with van der Waals surface area (Å²) >= 11 is 0. The lowest BCUT2D eigenvalue weighted by Crippen LogP contribution is -2.48. The number of aromatic nitrogens is 2. The molecule has 2 amide bonds. The number of carbonyl (C=O) groups excluding carboxylic acids is 2. The fraction of sp³-hybridized carbons (Fsp3) is 0.237. The highest BCUT2D eigenvalue weighted by Crippen LogP contribution is 2.31. The first kappa shape index (κ1) is 38.8. The molecule has 54 heavy (non-hydrogen) atoms. The molecule has 1 aliphatic heterocycles. The SMILES string of the molecule is COc1ccc(CN2CCN(C(=O)c3cc4cc(Oc5cc(C)c(NC(=O)c6ccc(C(F)(F)F)cc6)cn5)ccc4n3C)CC2)cc1.O=C(O)C(=O)O. The van der Waals surface area contributed by atoms with Crippen molar-refractivity contribution in [2.24, 2.45) is 7.05 Å². The second-order valence-corrected chi connectivity index (χ2v) is 12.3. The molecular weight excluding hydrogens is 711 g/mol. The van der Waals surface area contributed by atoms with Crippen molar-refractivity contribution in [1.82, 2.24) is 19.4 Å². The van der Waals surface area contributed by atoms with E-state index in [1.165, 1.54) is 11.8 Å². The molecular formula is C38H36F3N5O8. The van der Waals surface area contributed by atoms with Crippen LogP contribution < -0.4 is 14.8 Å². The van der Waals surface area contributed by atoms with E-state index in [0.29, 0.717) is 41.7 Å². The molecule has 1 saturated heterocycles. The number of pyridine rings is 1. The number of alkyl halides is 3. The van der Waals surface area contributed by atoms with E-state index in [9.17, 15) is 22.8 Å². The first-order chi connectivity index (χ1) is 25.6. The predicted molar refractivity (Wildman–Crippen MR) is 191 cm³/mol. The fourth-order valence-electron chi connectivity index (χ4n) is 5.70. The zero-order valence-electron chi connectivity index (χ0n) is 29.4. The third-order valence-electron chi connectivity index (χ3n) is 8.67. The number of aliphatic carboxylic acids is 2. The number of benzene rings is 3. The van der Waals surface area contributed by atoms with Gasteiger partial charge in [-0.3, -0.25) is 14.5 Å². The molecule has 3 aromatic carbocycles. The lowest BCUT2D eigenvalue weighted by molar-refractivity contribution is -0.159. The molecule has 16 heteroatoms. The van der Waals surface area contributed by atoms with Crippen LogP contribution in [0.15, 0.2) is 85.1 Å². The van der Waals surface area contributed by atoms with E-state index in [-0.39, 0.29) is 11.5 Å². The minimum atomic E-state index is -4.48. The summed E-state index contributed by atoms with van der Waals surface area (Å²) in [5.74, 6) is -2.59. The van der Waals surface area contributed by atoms with Crippen molar-refractivity contribution in [2.75, 3.05) is 38.6 Å². The molecule has 0 unspecified atom stereocenters. The Bertz CT molecular complexity index is 2150. The number of methoxy groups -OCH3 is 1. The van der Waals surface area contributed by atoms with Crippen molar-refractivity contribution < 1.29 is 52.0 Å². The largest absolute Gasteiger partial charge is 0.497 e. The second kappa shape index (κ2) is 16.5. The molecule has 0 bridgehead atoms. The first-order valence-electron chi connectivity index (χ1n) is 16.5. The Morgan fingerprint density at radius 3 is 2.06 bits per heavy atom. The number of carbonyl (C=O) groups is 4. The van der Waals surface area contributed by atoms with Gasteiger partial charge in [0.2, 0.25) is 5.88 Å². The van der Waals surface area contributed by atoms with Crippen molar-refractivity contribution in [1.29, 1.82) is 0 Å². The van der Waals surface area contributed by atoms with Gasteiger partial charge in [-0.15, -0.1) is 0 Å². The van der Waals surface area contributed by atoms with Crippen LogP contribution in [0.3, 0.4) is 0 Å². The average molecular weight is 748 g/mol. The molecule has 13 nitrogen and oxygen atoms in total. The van der Waals surface area contributed by atoms with Crippen LogP contribution >= 0.6 is 0 Å². The number of aryl methyl sites for hydroxylation is 2. The number of halogens is 3. The van der Waals surface area contributed by atoms with E-state index in [1.807, 2.05) is 46.8 Å². The van der Waals surface area contributed by atoms with E-state index in [4.69, 9.17) is 29.3 Å². The van der Waals surface area contributed by atoms with Gasteiger partial charge >= 0.3 is 18.1 Å². The Morgan fingerprint density at radius 1 is 0.852 bits per heavy atom. The summed E-state index contributed by atoms with van der Waals surface area (Å²) in [5.41, 5.74) is 2.98. The smallest absolute Gasteiger partial charge is 0.416 e. The highest BCUT2D eigenvalue weighted by molar-refractivity contribution is 6.27. The molecule has 6 rings (SSSR count). The lowest BCUT2D eigenvalue weighted by atomic mass is 10.1. The van der Waals surface area contributed by atoms with Gasteiger partial charge in [0.05, 0.1) is 24.6 Å². The van der Waals surface area contributed by atoms with Crippen LogP contribution in [0.1, 0.15) is 37.5 Å². The maximum Gasteiger partial charge on any atom is 0.416 e. The van der Waals surface area contributed by atoms with Crippen LogP contribution in [0.2, 0.25) is 0 Å². The second-order valence-electron chi connectivity index (χ2n) is 12.3. The molecule has 1 aliphatic rings. The number of carboxylic acid groups (broad SMARTS) is 2. The zero-order valence-corrected chi connectivity index (χ0v) is 29.4. The Labute approximate surface area is 307 Å². The number of amides is 2. The summed E-state index contributed by atoms with van der Waals surface area (Å²) in [5, 5.41) is 18.3. The van der Waals surface area contributed by atoms with Gasteiger partial charge in [0.1, 0.15) is 17.2 Å². The molecule has 5 aromatic rings. The van der Waals surface area contributed by atoms with Crippen molar-refractivity contribution >= 4 is 40.3 Å². The molecule has 3 N–H and O–H groups in total. The average Bonchev–Trinajstić information content (AvgIpc) is 3.48. The van der Waals surface area contributed by atoms with Crippen molar-refractivity contribution in [3.63, 3.8) is 0 Å². The van der Waals surface area contributed by atoms with Gasteiger partial charge in [-0.2, -0.15) is 13.2 Å². The zero-order chi connectivity index (χ0) is 39.2. The Morgan fingerprint density at radius 2 is 1.48 bits per heavy atom. The van der Waals surface area contributed by atoms with Crippen molar-refractivity contribution in [3.05, 3.63) is 113 Å². The maximum absolute atomic E-state index is 13.5. The topological polar surface area (TPSA) is 164 Å². The molecule has 0 atom stereocenters. The number of carboxylic acids is 2. The van der Waals surface area contributed by atoms with Crippen LogP contribution in [-0.4, -0.2) is 86.6 Å². The highest BCUT2D eigenvalue weighted by Gasteiger charge is 2.30. The third kappa shape index (κ3) is 9.51. The quantitative estimate of drug-likeness (QED) is 0.159. The van der Waals surface area contributed by atoms with E-state index >= 15 is 0 Å². The standard InChI is InChI=1S/C36H34F3N5O4.C2H2O4/c1-23-18-33(40-21-30(23)41-34(45)25-6-8-27(9-7-25)36(37,38)39)48-29-12-13-31-26(19-29)20-32(42(31)2)35(46)44-16-14-43(15-17-44)22-24-4-10-28(47-3)11-5-24;3-1(4)2(5)6/h4-13,18-21H,14-17,22H2,1-3H3,(H,41,45);(H,3,4)(H,5,6). The molecule has 0 saturated carbocycles. The van der Waals surface area contributed by atoms with Crippen LogP contribution in [0.25, 0.3) is 10.9 Å². The summed E-state index contributed by atoms with van der Waals surface area (Å²) < 4.78 is 51.7. The van der Waals surface area contributed by atoms with Gasteiger partial charge in [-0.05, 0) is 78.7 Å². The van der Waals surface area contributed by atoms with Gasteiger partial charge in [-0.1, -0.05) is 12.1 Å². The lowest BCUT2D eigenvalue weighted by Gasteiger charge is -2.34. The van der Waals surface area contributed by atoms with E-state index in [1.54, 1.807) is 26.2 Å². The number of piperazine rings is 1. The Hall–Kier alpha value is -6.42. The summed E-state index contributed by atoms with van der Waals surface area (Å²) in [7, 11) is 3.53. The molecule has 0 spiro atoms. The van der Waals surface area contributed by atoms with Gasteiger partial charge in [-0.25, -0.2) is 14.6 Å². The van der Waals surface area contributed by atoms with Gasteiger partial charge < -0.3 is 34.5 Å². The van der Waals surface area contributed by atoms with E-state index in [0.717, 1.165) is 60.6 Å². The van der Waals surface area contributed by atoms with Gasteiger partial charge in [0, 0.05) is 62.3 Å². The maximum atomic E-state index is 13.5. The number of hydrogen-bond acceptors (Lipinski definition) is 8. The predicted octanol–water partition coefficient (Wildman–Crippen LogP) is 6.07. The molecule has 1 fully saturated rings. The number of rotatable bonds is 8. The van der Waals surface area contributed by atoms with Crippen LogP contribution in [0.5, 0.6) is 17.4 Å². The van der Waals surface area contributed by atoms with Gasteiger partial charge in [0.15, 0.2) is 0 Å². The van der Waals surface area contributed by atoms with Crippen LogP contribution in [-0.2, 0) is 29.4 Å². The number of nitrogens with zero attached hydrogens (tertiary/aromatic N) is 4. The summed E-state index contributed by atoms with van der Waals surface area (Å²) in [6.45, 7) is 5.41. The fourth-order valence-corrected chi connectivity index (χ4v) is 5.70. The van der Waals surface area contributed by atoms with E-state index in [2.05, 4.69) is 27.3 Å². The van der Waals surface area contributed by atoms with Crippen LogP contribution in [0, 0.1) is 6.92 Å². The molecule has 0 radical (unpaired) electrons. The number of fused-ring (bicyclic) bond motifs is 1. The monoisotopic (exact) mass is 747 g/mol. The minimum Gasteiger partial charge on any atom is -0.497 e. The summed E-state index contributed by atoms with van der Waals surface area (Å²) in [6.07, 6.45) is -3.05. The number of anilines is 1. The third-order valence-corrected chi connectivity index (χ3v) is 8.67. The minimum absolute atomic E-state index is 0.0218. The summed E-state index contributed by atoms with van der Waals surface area (Å²) in [4.78, 5) is 52.9. The number of hydrogen-bond donors (Lipinski definition) is 3. The summed E-state index contributed by atoms with van der Waals surface area (Å²) in [6, 6.07) is 21.1. The van der Waals surface area contributed by atoms with Gasteiger partial charge in [0.25, 0.3) is 11.8 Å². The van der Waals surface area contributed by atoms with Crippen molar-refractivity contribution in [3.8, 4) is 17.4 Å². The Balaban J connectivity index is 0.000000864. The van der Waals surface area contributed by atoms with Crippen molar-refractivity contribution in [2.45, 2.75) is 19.6 Å². The molecule has 282 valence electrons.